The Bertz CT molecular complexity index is 716. The quantitative estimate of drug-likeness (QED) is 0.680. The molecule has 0 radical (unpaired) electrons. The third-order valence-corrected chi connectivity index (χ3v) is 3.67. The van der Waals surface area contributed by atoms with E-state index in [1.165, 1.54) is 17.0 Å². The molecule has 2 heterocycles. The van der Waals surface area contributed by atoms with Crippen molar-refractivity contribution in [3.05, 3.63) is 36.1 Å². The van der Waals surface area contributed by atoms with E-state index >= 15 is 0 Å². The van der Waals surface area contributed by atoms with E-state index in [2.05, 4.69) is 10.3 Å². The molecule has 1 aromatic carbocycles. The predicted octanol–water partition coefficient (Wildman–Crippen LogP) is 2.32. The first-order valence-electron chi connectivity index (χ1n) is 7.27. The monoisotopic (exact) mass is 301 g/mol. The standard InChI is InChI=1S/C16H16FN3O2/c17-12-4-2-11-3-5-14(19-13(11)10-12)18-8-1-9-20-15(21)6-7-16(20)22/h2-5,10H,1,6-9H2,(H,18,19). The molecule has 1 aliphatic heterocycles. The zero-order chi connectivity index (χ0) is 15.5. The molecule has 1 N–H and O–H groups in total. The highest BCUT2D eigenvalue weighted by atomic mass is 19.1. The molecule has 0 spiro atoms. The summed E-state index contributed by atoms with van der Waals surface area (Å²) in [6.07, 6.45) is 1.30. The van der Waals surface area contributed by atoms with E-state index in [-0.39, 0.29) is 17.6 Å². The van der Waals surface area contributed by atoms with Crippen LogP contribution in [0, 0.1) is 5.82 Å². The van der Waals surface area contributed by atoms with Gasteiger partial charge in [0.15, 0.2) is 0 Å². The van der Waals surface area contributed by atoms with E-state index in [1.54, 1.807) is 6.07 Å². The fourth-order valence-corrected chi connectivity index (χ4v) is 2.51. The van der Waals surface area contributed by atoms with Gasteiger partial charge in [-0.2, -0.15) is 0 Å². The number of likely N-dealkylation sites (tertiary alicyclic amines) is 1. The number of carbonyl (C=O) groups is 2. The van der Waals surface area contributed by atoms with E-state index in [9.17, 15) is 14.0 Å². The summed E-state index contributed by atoms with van der Waals surface area (Å²) < 4.78 is 13.2. The Morgan fingerprint density at radius 1 is 1.14 bits per heavy atom. The third kappa shape index (κ3) is 3.05. The van der Waals surface area contributed by atoms with Gasteiger partial charge in [-0.3, -0.25) is 14.5 Å². The van der Waals surface area contributed by atoms with E-state index in [4.69, 9.17) is 0 Å². The van der Waals surface area contributed by atoms with Crippen LogP contribution in [0.15, 0.2) is 30.3 Å². The first-order valence-corrected chi connectivity index (χ1v) is 7.27. The number of nitrogens with one attached hydrogen (secondary N) is 1. The summed E-state index contributed by atoms with van der Waals surface area (Å²) >= 11 is 0. The summed E-state index contributed by atoms with van der Waals surface area (Å²) in [5.41, 5.74) is 0.592. The van der Waals surface area contributed by atoms with Crippen molar-refractivity contribution in [1.29, 1.82) is 0 Å². The summed E-state index contributed by atoms with van der Waals surface area (Å²) in [6.45, 7) is 1.01. The maximum absolute atomic E-state index is 13.2. The minimum atomic E-state index is -0.316. The molecule has 1 saturated heterocycles. The molecule has 0 bridgehead atoms. The molecule has 1 aliphatic rings. The average Bonchev–Trinajstić information content (AvgIpc) is 2.82. The number of halogens is 1. The molecule has 2 amide bonds. The zero-order valence-electron chi connectivity index (χ0n) is 12.0. The Labute approximate surface area is 127 Å². The minimum absolute atomic E-state index is 0.0932. The van der Waals surface area contributed by atoms with Crippen LogP contribution in [0.25, 0.3) is 10.9 Å². The van der Waals surface area contributed by atoms with Crippen molar-refractivity contribution in [3.63, 3.8) is 0 Å². The van der Waals surface area contributed by atoms with Crippen LogP contribution in [-0.2, 0) is 9.59 Å². The number of fused-ring (bicyclic) bond motifs is 1. The van der Waals surface area contributed by atoms with Gasteiger partial charge < -0.3 is 5.32 Å². The molecule has 2 aromatic rings. The van der Waals surface area contributed by atoms with Crippen molar-refractivity contribution in [2.45, 2.75) is 19.3 Å². The topological polar surface area (TPSA) is 62.3 Å². The highest BCUT2D eigenvalue weighted by Crippen LogP contribution is 2.16. The summed E-state index contributed by atoms with van der Waals surface area (Å²) in [7, 11) is 0. The summed E-state index contributed by atoms with van der Waals surface area (Å²) in [4.78, 5) is 28.6. The highest BCUT2D eigenvalue weighted by Gasteiger charge is 2.27. The van der Waals surface area contributed by atoms with Gasteiger partial charge in [0.1, 0.15) is 11.6 Å². The number of pyridine rings is 1. The molecule has 22 heavy (non-hydrogen) atoms. The molecule has 1 aromatic heterocycles. The summed E-state index contributed by atoms with van der Waals surface area (Å²) in [6, 6.07) is 8.18. The highest BCUT2D eigenvalue weighted by molar-refractivity contribution is 6.01. The van der Waals surface area contributed by atoms with Gasteiger partial charge in [-0.05, 0) is 30.7 Å². The number of rotatable bonds is 5. The van der Waals surface area contributed by atoms with Gasteiger partial charge in [-0.1, -0.05) is 0 Å². The Morgan fingerprint density at radius 2 is 1.86 bits per heavy atom. The lowest BCUT2D eigenvalue weighted by molar-refractivity contribution is -0.138. The number of nitrogens with zero attached hydrogens (tertiary/aromatic N) is 2. The molecular weight excluding hydrogens is 285 g/mol. The largest absolute Gasteiger partial charge is 0.370 e. The predicted molar refractivity (Wildman–Crippen MR) is 80.8 cm³/mol. The normalized spacial score (nSPS) is 14.9. The zero-order valence-corrected chi connectivity index (χ0v) is 12.0. The van der Waals surface area contributed by atoms with Crippen molar-refractivity contribution < 1.29 is 14.0 Å². The number of hydrogen-bond acceptors (Lipinski definition) is 4. The number of anilines is 1. The van der Waals surface area contributed by atoms with Crippen molar-refractivity contribution in [3.8, 4) is 0 Å². The molecule has 6 heteroatoms. The van der Waals surface area contributed by atoms with Crippen molar-refractivity contribution in [1.82, 2.24) is 9.88 Å². The molecule has 3 rings (SSSR count). The third-order valence-electron chi connectivity index (χ3n) is 3.67. The first kappa shape index (κ1) is 14.4. The van der Waals surface area contributed by atoms with Gasteiger partial charge in [-0.25, -0.2) is 9.37 Å². The maximum atomic E-state index is 13.2. The molecule has 114 valence electrons. The molecule has 1 fully saturated rings. The van der Waals surface area contributed by atoms with Gasteiger partial charge in [0.25, 0.3) is 0 Å². The van der Waals surface area contributed by atoms with Crippen LogP contribution >= 0.6 is 0 Å². The van der Waals surface area contributed by atoms with Gasteiger partial charge in [-0.15, -0.1) is 0 Å². The van der Waals surface area contributed by atoms with E-state index in [0.717, 1.165) is 5.39 Å². The SMILES string of the molecule is O=C1CCC(=O)N1CCCNc1ccc2ccc(F)cc2n1. The molecule has 5 nitrogen and oxygen atoms in total. The maximum Gasteiger partial charge on any atom is 0.229 e. The average molecular weight is 301 g/mol. The second-order valence-electron chi connectivity index (χ2n) is 5.25. The van der Waals surface area contributed by atoms with Crippen LogP contribution in [-0.4, -0.2) is 34.8 Å². The first-order chi connectivity index (χ1) is 10.6. The number of carbonyl (C=O) groups excluding carboxylic acids is 2. The van der Waals surface area contributed by atoms with Crippen molar-refractivity contribution >= 4 is 28.5 Å². The van der Waals surface area contributed by atoms with E-state index in [0.29, 0.717) is 43.7 Å². The van der Waals surface area contributed by atoms with Gasteiger partial charge in [0.2, 0.25) is 11.8 Å². The van der Waals surface area contributed by atoms with Crippen LogP contribution in [0.3, 0.4) is 0 Å². The van der Waals surface area contributed by atoms with Gasteiger partial charge >= 0.3 is 0 Å². The fraction of sp³-hybridized carbons (Fsp3) is 0.312. The lowest BCUT2D eigenvalue weighted by atomic mass is 10.2. The summed E-state index contributed by atoms with van der Waals surface area (Å²) in [5.74, 6) is 0.147. The Hall–Kier alpha value is -2.50. The smallest absolute Gasteiger partial charge is 0.229 e. The van der Waals surface area contributed by atoms with Gasteiger partial charge in [0.05, 0.1) is 5.52 Å². The number of aromatic nitrogens is 1. The molecule has 0 atom stereocenters. The van der Waals surface area contributed by atoms with Crippen LogP contribution in [0.4, 0.5) is 10.2 Å². The van der Waals surface area contributed by atoms with Crippen molar-refractivity contribution in [2.75, 3.05) is 18.4 Å². The van der Waals surface area contributed by atoms with Crippen molar-refractivity contribution in [2.24, 2.45) is 0 Å². The fourth-order valence-electron chi connectivity index (χ4n) is 2.51. The summed E-state index contributed by atoms with van der Waals surface area (Å²) in [5, 5.41) is 4.00. The second-order valence-corrected chi connectivity index (χ2v) is 5.25. The number of benzene rings is 1. The Kier molecular flexibility index (Phi) is 4.00. The molecular formula is C16H16FN3O2. The van der Waals surface area contributed by atoms with Gasteiger partial charge in [0, 0.05) is 37.4 Å². The van der Waals surface area contributed by atoms with Crippen LogP contribution in [0.1, 0.15) is 19.3 Å². The molecule has 0 aliphatic carbocycles. The van der Waals surface area contributed by atoms with E-state index < -0.39 is 0 Å². The Balaban J connectivity index is 1.55. The van der Waals surface area contributed by atoms with Crippen LogP contribution < -0.4 is 5.32 Å². The van der Waals surface area contributed by atoms with Crippen LogP contribution in [0.2, 0.25) is 0 Å². The number of amides is 2. The number of imide groups is 1. The molecule has 0 saturated carbocycles. The molecule has 0 unspecified atom stereocenters. The van der Waals surface area contributed by atoms with Crippen LogP contribution in [0.5, 0.6) is 0 Å². The van der Waals surface area contributed by atoms with E-state index in [1.807, 2.05) is 12.1 Å². The minimum Gasteiger partial charge on any atom is -0.370 e. The lowest BCUT2D eigenvalue weighted by Gasteiger charge is -2.13. The second kappa shape index (κ2) is 6.09. The number of hydrogen-bond donors (Lipinski definition) is 1. The lowest BCUT2D eigenvalue weighted by Crippen LogP contribution is -2.31. The Morgan fingerprint density at radius 3 is 2.64 bits per heavy atom.